The fourth-order valence-electron chi connectivity index (χ4n) is 11.8. The van der Waals surface area contributed by atoms with Gasteiger partial charge in [0, 0.05) is 50.8 Å². The lowest BCUT2D eigenvalue weighted by Gasteiger charge is -2.60. The Kier molecular flexibility index (Phi) is 20.7. The number of oxime groups is 1. The summed E-state index contributed by atoms with van der Waals surface area (Å²) in [6.07, 6.45) is 20.6. The zero-order valence-corrected chi connectivity index (χ0v) is 43.7. The second-order valence-corrected chi connectivity index (χ2v) is 20.8. The molecule has 4 aromatic carbocycles. The molecular formula is C62H83N3O8. The van der Waals surface area contributed by atoms with E-state index in [2.05, 4.69) is 60.9 Å². The second-order valence-electron chi connectivity index (χ2n) is 20.8. The number of aliphatic hydroxyl groups excluding tert-OH is 2. The maximum absolute atomic E-state index is 15.4. The van der Waals surface area contributed by atoms with E-state index in [-0.39, 0.29) is 57.1 Å². The highest BCUT2D eigenvalue weighted by molar-refractivity contribution is 6.03. The molecular weight excluding hydrogens is 915 g/mol. The van der Waals surface area contributed by atoms with Gasteiger partial charge in [-0.3, -0.25) is 9.80 Å². The monoisotopic (exact) mass is 998 g/mol. The summed E-state index contributed by atoms with van der Waals surface area (Å²) in [5, 5.41) is 27.4. The molecule has 2 N–H and O–H groups in total. The number of carbonyl (C=O) groups excluding carboxylic acids is 1. The summed E-state index contributed by atoms with van der Waals surface area (Å²) < 4.78 is 27.8. The highest BCUT2D eigenvalue weighted by Crippen LogP contribution is 2.62. The summed E-state index contributed by atoms with van der Waals surface area (Å²) >= 11 is 0. The molecule has 2 fully saturated rings. The van der Waals surface area contributed by atoms with Crippen molar-refractivity contribution in [2.45, 2.75) is 147 Å². The fraction of sp³-hybridized carbons (Fsp3) is 0.548. The molecule has 11 heteroatoms. The first-order chi connectivity index (χ1) is 36.0. The van der Waals surface area contributed by atoms with Gasteiger partial charge in [0.1, 0.15) is 30.8 Å². The molecule has 394 valence electrons. The molecule has 0 aromatic heterocycles. The Hall–Kier alpha value is -5.20. The Morgan fingerprint density at radius 3 is 2.32 bits per heavy atom. The maximum atomic E-state index is 15.4. The molecule has 2 aliphatic carbocycles. The van der Waals surface area contributed by atoms with E-state index in [0.717, 1.165) is 109 Å². The molecule has 1 saturated carbocycles. The average Bonchev–Trinajstić information content (AvgIpc) is 4.25. The van der Waals surface area contributed by atoms with E-state index in [1.807, 2.05) is 59.5 Å². The minimum atomic E-state index is -1.43. The lowest BCUT2D eigenvalue weighted by atomic mass is 9.55. The lowest BCUT2D eigenvalue weighted by Crippen LogP contribution is -2.70. The number of amides is 1. The Bertz CT molecular complexity index is 2400. The predicted octanol–water partition coefficient (Wildman–Crippen LogP) is 12.9. The van der Waals surface area contributed by atoms with E-state index in [9.17, 15) is 10.2 Å². The molecule has 8 rings (SSSR count). The molecule has 4 aliphatic rings. The normalized spacial score (nSPS) is 22.5. The van der Waals surface area contributed by atoms with Gasteiger partial charge >= 0.3 is 6.09 Å². The van der Waals surface area contributed by atoms with Crippen molar-refractivity contribution in [2.75, 3.05) is 52.7 Å². The van der Waals surface area contributed by atoms with Gasteiger partial charge in [-0.1, -0.05) is 168 Å². The van der Waals surface area contributed by atoms with E-state index >= 15 is 4.79 Å². The standard InChI is InChI=1S/C62H83N3O8/c1-3-5-6-7-8-9-10-11-12-22-40-70-61(68)65(45-50-29-23-28-48-26-16-17-30-52(48)50)58-44-56(63-72-46-47-24-14-13-15-25-47)54-42-49(27-18-20-37-66)53(31-19-21-38-67)59-55-43-51(69-41-36-64-34-35-64)32-33-57(55)73-62(58,60(54)59)71-39-4-2/h4,13-17,23-26,28-30,32-33,42-43,49,53,58-60,66-67H,2-3,5-12,18-22,27,31,34-41,44-46H2,1H3/t49-,53+,58-,59+,60+,62+/m0/s1. The van der Waals surface area contributed by atoms with E-state index in [4.69, 9.17) is 28.9 Å². The van der Waals surface area contributed by atoms with Crippen LogP contribution in [0, 0.1) is 17.8 Å². The third kappa shape index (κ3) is 14.1. The average molecular weight is 998 g/mol. The maximum Gasteiger partial charge on any atom is 0.410 e. The van der Waals surface area contributed by atoms with Gasteiger partial charge in [-0.2, -0.15) is 0 Å². The highest BCUT2D eigenvalue weighted by Gasteiger charge is 2.65. The number of fused-ring (bicyclic) bond motifs is 3. The Morgan fingerprint density at radius 2 is 1.56 bits per heavy atom. The van der Waals surface area contributed by atoms with Gasteiger partial charge in [0.05, 0.1) is 31.4 Å². The van der Waals surface area contributed by atoms with Crippen LogP contribution in [0.2, 0.25) is 0 Å². The molecule has 0 unspecified atom stereocenters. The van der Waals surface area contributed by atoms with Crippen molar-refractivity contribution in [3.05, 3.63) is 132 Å². The van der Waals surface area contributed by atoms with Crippen LogP contribution < -0.4 is 9.47 Å². The van der Waals surface area contributed by atoms with E-state index < -0.39 is 23.8 Å². The minimum Gasteiger partial charge on any atom is -0.492 e. The number of rotatable bonds is 32. The molecule has 2 aliphatic heterocycles. The van der Waals surface area contributed by atoms with Crippen molar-refractivity contribution in [3.63, 3.8) is 0 Å². The summed E-state index contributed by atoms with van der Waals surface area (Å²) in [7, 11) is 0. The van der Waals surface area contributed by atoms with E-state index in [1.54, 1.807) is 6.08 Å². The summed E-state index contributed by atoms with van der Waals surface area (Å²) in [4.78, 5) is 26.0. The van der Waals surface area contributed by atoms with Gasteiger partial charge in [-0.15, -0.1) is 6.58 Å². The van der Waals surface area contributed by atoms with Crippen molar-refractivity contribution in [3.8, 4) is 11.5 Å². The Labute approximate surface area is 435 Å². The van der Waals surface area contributed by atoms with Crippen LogP contribution >= 0.6 is 0 Å². The SMILES string of the molecule is C=CCO[C@@]12Oc3ccc(OCCN4CC4)cc3[C@H]3[C@H](CCCCO)[C@@H](CCCCO)C=C(C(=NOCc4ccccc4)C[C@@H]1N(Cc1cccc4ccccc14)C(=O)OCCCCCCCCCCCC)[C@H]32. The Balaban J connectivity index is 1.23. The molecule has 1 amide bonds. The molecule has 1 saturated heterocycles. The molecule has 6 atom stereocenters. The number of aliphatic hydroxyl groups is 2. The van der Waals surface area contributed by atoms with Gasteiger partial charge in [-0.05, 0) is 89.6 Å². The lowest BCUT2D eigenvalue weighted by molar-refractivity contribution is -0.256. The van der Waals surface area contributed by atoms with Crippen molar-refractivity contribution in [1.82, 2.24) is 9.80 Å². The van der Waals surface area contributed by atoms with Crippen LogP contribution in [0.5, 0.6) is 11.5 Å². The molecule has 0 radical (unpaired) electrons. The number of hydrogen-bond donors (Lipinski definition) is 2. The van der Waals surface area contributed by atoms with Crippen LogP contribution in [0.15, 0.2) is 120 Å². The van der Waals surface area contributed by atoms with Crippen molar-refractivity contribution in [1.29, 1.82) is 0 Å². The Morgan fingerprint density at radius 1 is 0.836 bits per heavy atom. The number of ether oxygens (including phenoxy) is 4. The van der Waals surface area contributed by atoms with Crippen LogP contribution in [-0.2, 0) is 27.5 Å². The number of allylic oxidation sites excluding steroid dienone is 1. The summed E-state index contributed by atoms with van der Waals surface area (Å²) in [5.41, 5.74) is 4.76. The summed E-state index contributed by atoms with van der Waals surface area (Å²) in [6, 6.07) is 30.1. The fourth-order valence-corrected chi connectivity index (χ4v) is 11.8. The number of nitrogens with zero attached hydrogens (tertiary/aromatic N) is 3. The molecule has 2 heterocycles. The first kappa shape index (κ1) is 54.1. The zero-order valence-electron chi connectivity index (χ0n) is 43.7. The minimum absolute atomic E-state index is 0.0845. The van der Waals surface area contributed by atoms with Crippen molar-refractivity contribution in [2.24, 2.45) is 22.9 Å². The quantitative estimate of drug-likeness (QED) is 0.0213. The number of hydrogen-bond acceptors (Lipinski definition) is 10. The summed E-state index contributed by atoms with van der Waals surface area (Å²) in [5.74, 6) is -0.391. The molecule has 4 aromatic rings. The topological polar surface area (TPSA) is 122 Å². The summed E-state index contributed by atoms with van der Waals surface area (Å²) in [6.45, 7) is 11.3. The highest BCUT2D eigenvalue weighted by atomic mass is 16.7. The van der Waals surface area contributed by atoms with Crippen molar-refractivity contribution < 1.29 is 38.8 Å². The second kappa shape index (κ2) is 27.9. The number of benzene rings is 4. The third-order valence-electron chi connectivity index (χ3n) is 15.7. The van der Waals surface area contributed by atoms with Crippen LogP contribution in [0.3, 0.4) is 0 Å². The first-order valence-corrected chi connectivity index (χ1v) is 28.0. The van der Waals surface area contributed by atoms with Gasteiger partial charge in [0.2, 0.25) is 5.79 Å². The van der Waals surface area contributed by atoms with Gasteiger partial charge in [0.15, 0.2) is 0 Å². The third-order valence-corrected chi connectivity index (χ3v) is 15.7. The van der Waals surface area contributed by atoms with E-state index in [0.29, 0.717) is 31.8 Å². The van der Waals surface area contributed by atoms with Crippen molar-refractivity contribution >= 4 is 22.6 Å². The predicted molar refractivity (Wildman–Crippen MR) is 291 cm³/mol. The van der Waals surface area contributed by atoms with Crippen LogP contribution in [-0.4, -0.2) is 96.3 Å². The molecule has 11 nitrogen and oxygen atoms in total. The number of unbranched alkanes of at least 4 members (excludes halogenated alkanes) is 11. The van der Waals surface area contributed by atoms with Gasteiger partial charge in [-0.25, -0.2) is 4.79 Å². The molecule has 0 spiro atoms. The van der Waals surface area contributed by atoms with Crippen LogP contribution in [0.1, 0.15) is 139 Å². The molecule has 0 bridgehead atoms. The zero-order chi connectivity index (χ0) is 50.7. The first-order valence-electron chi connectivity index (χ1n) is 28.0. The van der Waals surface area contributed by atoms with Gasteiger partial charge in [0.25, 0.3) is 0 Å². The number of carbonyl (C=O) groups is 1. The largest absolute Gasteiger partial charge is 0.492 e. The van der Waals surface area contributed by atoms with Crippen LogP contribution in [0.25, 0.3) is 10.8 Å². The molecule has 73 heavy (non-hydrogen) atoms. The van der Waals surface area contributed by atoms with Gasteiger partial charge < -0.3 is 34.0 Å². The smallest absolute Gasteiger partial charge is 0.410 e. The van der Waals surface area contributed by atoms with Crippen LogP contribution in [0.4, 0.5) is 4.79 Å². The van der Waals surface area contributed by atoms with E-state index in [1.165, 1.54) is 44.9 Å².